The Morgan fingerprint density at radius 2 is 1.81 bits per heavy atom. The molecule has 1 fully saturated rings. The van der Waals surface area contributed by atoms with Gasteiger partial charge in [0, 0.05) is 12.8 Å². The number of piperidine rings is 1. The van der Waals surface area contributed by atoms with Crippen LogP contribution in [0.2, 0.25) is 0 Å². The Hall–Kier alpha value is -2.37. The number of ether oxygens (including phenoxy) is 1. The molecule has 1 aliphatic rings. The summed E-state index contributed by atoms with van der Waals surface area (Å²) in [7, 11) is 1.40. The van der Waals surface area contributed by atoms with Crippen molar-refractivity contribution in [2.24, 2.45) is 5.41 Å². The Morgan fingerprint density at radius 1 is 1.24 bits per heavy atom. The van der Waals surface area contributed by atoms with E-state index in [9.17, 15) is 14.4 Å². The molecule has 0 saturated carbocycles. The van der Waals surface area contributed by atoms with Gasteiger partial charge in [-0.25, -0.2) is 9.69 Å². The molecule has 0 spiro atoms. The molecular weight excluding hydrogens is 274 g/mol. The van der Waals surface area contributed by atoms with Crippen LogP contribution in [0.3, 0.4) is 0 Å². The fourth-order valence-electron chi connectivity index (χ4n) is 2.44. The van der Waals surface area contributed by atoms with Crippen LogP contribution >= 0.6 is 0 Å². The number of benzene rings is 1. The Kier molecular flexibility index (Phi) is 3.72. The first-order valence-electron chi connectivity index (χ1n) is 6.52. The summed E-state index contributed by atoms with van der Waals surface area (Å²) in [6.07, 6.45) is 0.443. The monoisotopic (exact) mass is 291 g/mol. The van der Waals surface area contributed by atoms with Crippen molar-refractivity contribution in [2.75, 3.05) is 12.0 Å². The van der Waals surface area contributed by atoms with E-state index in [1.807, 2.05) is 13.8 Å². The number of anilines is 1. The minimum atomic E-state index is -1.13. The van der Waals surface area contributed by atoms with E-state index in [4.69, 9.17) is 9.84 Å². The van der Waals surface area contributed by atoms with Crippen LogP contribution in [0.15, 0.2) is 18.2 Å². The maximum Gasteiger partial charge on any atom is 0.335 e. The Balaban J connectivity index is 2.49. The zero-order chi connectivity index (χ0) is 15.8. The van der Waals surface area contributed by atoms with E-state index in [0.29, 0.717) is 5.75 Å². The van der Waals surface area contributed by atoms with Gasteiger partial charge in [-0.05, 0) is 23.6 Å². The highest BCUT2D eigenvalue weighted by molar-refractivity contribution is 6.18. The van der Waals surface area contributed by atoms with Crippen LogP contribution in [-0.2, 0) is 9.59 Å². The molecule has 0 aromatic heterocycles. The number of hydrogen-bond acceptors (Lipinski definition) is 4. The lowest BCUT2D eigenvalue weighted by atomic mass is 9.81. The lowest BCUT2D eigenvalue weighted by Crippen LogP contribution is -2.46. The summed E-state index contributed by atoms with van der Waals surface area (Å²) in [5.41, 5.74) is -0.207. The zero-order valence-electron chi connectivity index (χ0n) is 12.2. The van der Waals surface area contributed by atoms with Crippen molar-refractivity contribution in [3.63, 3.8) is 0 Å². The van der Waals surface area contributed by atoms with Gasteiger partial charge in [-0.3, -0.25) is 9.59 Å². The third-order valence-corrected chi connectivity index (χ3v) is 3.43. The second kappa shape index (κ2) is 5.20. The third-order valence-electron chi connectivity index (χ3n) is 3.43. The van der Waals surface area contributed by atoms with Crippen molar-refractivity contribution in [2.45, 2.75) is 26.7 Å². The topological polar surface area (TPSA) is 83.9 Å². The molecule has 1 saturated heterocycles. The lowest BCUT2D eigenvalue weighted by molar-refractivity contribution is -0.132. The Morgan fingerprint density at radius 3 is 2.29 bits per heavy atom. The molecule has 6 nitrogen and oxygen atoms in total. The van der Waals surface area contributed by atoms with Crippen LogP contribution in [0, 0.1) is 5.41 Å². The maximum absolute atomic E-state index is 12.3. The number of carbonyl (C=O) groups excluding carboxylic acids is 2. The van der Waals surface area contributed by atoms with Crippen molar-refractivity contribution < 1.29 is 24.2 Å². The number of nitrogens with zero attached hydrogens (tertiary/aromatic N) is 1. The van der Waals surface area contributed by atoms with Crippen molar-refractivity contribution in [3.8, 4) is 5.75 Å². The van der Waals surface area contributed by atoms with E-state index >= 15 is 0 Å². The molecule has 2 rings (SSSR count). The van der Waals surface area contributed by atoms with E-state index in [0.717, 1.165) is 4.90 Å². The van der Waals surface area contributed by atoms with Gasteiger partial charge in [-0.1, -0.05) is 13.8 Å². The molecule has 1 aromatic rings. The summed E-state index contributed by atoms with van der Waals surface area (Å²) in [5, 5.41) is 9.06. The van der Waals surface area contributed by atoms with Gasteiger partial charge in [0.1, 0.15) is 5.75 Å². The average Bonchev–Trinajstić information content (AvgIpc) is 2.36. The molecule has 112 valence electrons. The molecular formula is C15H17NO5. The molecule has 0 radical (unpaired) electrons. The number of carbonyl (C=O) groups is 3. The number of carboxylic acid groups (broad SMARTS) is 1. The molecule has 0 aliphatic carbocycles. The maximum atomic E-state index is 12.3. The van der Waals surface area contributed by atoms with Gasteiger partial charge in [0.05, 0.1) is 18.4 Å². The molecule has 1 aromatic carbocycles. The average molecular weight is 291 g/mol. The summed E-state index contributed by atoms with van der Waals surface area (Å²) in [6.45, 7) is 3.70. The van der Waals surface area contributed by atoms with Gasteiger partial charge in [0.25, 0.3) is 0 Å². The first kappa shape index (κ1) is 15.0. The Labute approximate surface area is 122 Å². The molecule has 2 amide bonds. The number of amides is 2. The number of carboxylic acids is 1. The highest BCUT2D eigenvalue weighted by atomic mass is 16.5. The van der Waals surface area contributed by atoms with Gasteiger partial charge in [-0.2, -0.15) is 0 Å². The van der Waals surface area contributed by atoms with Crippen LogP contribution in [0.5, 0.6) is 5.75 Å². The molecule has 1 N–H and O–H groups in total. The van der Waals surface area contributed by atoms with Crippen LogP contribution < -0.4 is 9.64 Å². The van der Waals surface area contributed by atoms with Crippen molar-refractivity contribution in [1.29, 1.82) is 0 Å². The molecule has 0 bridgehead atoms. The second-order valence-electron chi connectivity index (χ2n) is 5.83. The highest BCUT2D eigenvalue weighted by Gasteiger charge is 2.39. The first-order chi connectivity index (χ1) is 9.75. The van der Waals surface area contributed by atoms with Crippen LogP contribution in [-0.4, -0.2) is 30.0 Å². The third kappa shape index (κ3) is 2.89. The predicted molar refractivity (Wildman–Crippen MR) is 75.5 cm³/mol. The van der Waals surface area contributed by atoms with E-state index in [2.05, 4.69) is 0 Å². The summed E-state index contributed by atoms with van der Waals surface area (Å²) >= 11 is 0. The molecule has 0 unspecified atom stereocenters. The summed E-state index contributed by atoms with van der Waals surface area (Å²) in [6, 6.07) is 4.10. The fraction of sp³-hybridized carbons (Fsp3) is 0.400. The van der Waals surface area contributed by atoms with Crippen LogP contribution in [0.25, 0.3) is 0 Å². The van der Waals surface area contributed by atoms with Crippen molar-refractivity contribution in [1.82, 2.24) is 0 Å². The molecule has 0 atom stereocenters. The quantitative estimate of drug-likeness (QED) is 0.862. The van der Waals surface area contributed by atoms with Crippen molar-refractivity contribution >= 4 is 23.5 Å². The smallest absolute Gasteiger partial charge is 0.335 e. The SMILES string of the molecule is COc1ccc(C(=O)O)cc1N1C(=O)CC(C)(C)CC1=O. The molecule has 6 heteroatoms. The zero-order valence-corrected chi connectivity index (χ0v) is 12.2. The number of aromatic carboxylic acids is 1. The normalized spacial score (nSPS) is 17.8. The van der Waals surface area contributed by atoms with Gasteiger partial charge in [0.2, 0.25) is 11.8 Å². The number of methoxy groups -OCH3 is 1. The minimum Gasteiger partial charge on any atom is -0.495 e. The van der Waals surface area contributed by atoms with Crippen LogP contribution in [0.4, 0.5) is 5.69 Å². The molecule has 21 heavy (non-hydrogen) atoms. The predicted octanol–water partition coefficient (Wildman–Crippen LogP) is 2.07. The van der Waals surface area contributed by atoms with Gasteiger partial charge in [-0.15, -0.1) is 0 Å². The summed E-state index contributed by atoms with van der Waals surface area (Å²) < 4.78 is 5.14. The van der Waals surface area contributed by atoms with E-state index in [1.165, 1.54) is 25.3 Å². The van der Waals surface area contributed by atoms with E-state index in [1.54, 1.807) is 0 Å². The minimum absolute atomic E-state index is 0.00349. The van der Waals surface area contributed by atoms with E-state index in [-0.39, 0.29) is 41.3 Å². The van der Waals surface area contributed by atoms with Gasteiger partial charge < -0.3 is 9.84 Å². The Bertz CT molecular complexity index is 600. The molecule has 1 aliphatic heterocycles. The summed E-state index contributed by atoms with van der Waals surface area (Å²) in [5.74, 6) is -1.54. The molecule has 1 heterocycles. The van der Waals surface area contributed by atoms with Gasteiger partial charge >= 0.3 is 5.97 Å². The first-order valence-corrected chi connectivity index (χ1v) is 6.52. The largest absolute Gasteiger partial charge is 0.495 e. The fourth-order valence-corrected chi connectivity index (χ4v) is 2.44. The number of rotatable bonds is 3. The van der Waals surface area contributed by atoms with Gasteiger partial charge in [0.15, 0.2) is 0 Å². The second-order valence-corrected chi connectivity index (χ2v) is 5.83. The lowest BCUT2D eigenvalue weighted by Gasteiger charge is -2.35. The standard InChI is InChI=1S/C15H17NO5/c1-15(2)7-12(17)16(13(18)8-15)10-6-9(14(19)20)4-5-11(10)21-3/h4-6H,7-8H2,1-3H3,(H,19,20). The van der Waals surface area contributed by atoms with E-state index < -0.39 is 5.97 Å². The number of hydrogen-bond donors (Lipinski definition) is 1. The van der Waals surface area contributed by atoms with Crippen molar-refractivity contribution in [3.05, 3.63) is 23.8 Å². The highest BCUT2D eigenvalue weighted by Crippen LogP contribution is 2.38. The number of imide groups is 1. The van der Waals surface area contributed by atoms with Crippen LogP contribution in [0.1, 0.15) is 37.0 Å². The summed E-state index contributed by atoms with van der Waals surface area (Å²) in [4.78, 5) is 36.6.